The van der Waals surface area contributed by atoms with Crippen LogP contribution in [0.4, 0.5) is 0 Å². The fourth-order valence-corrected chi connectivity index (χ4v) is 3.01. The molecule has 1 aliphatic rings. The van der Waals surface area contributed by atoms with Gasteiger partial charge in [-0.15, -0.1) is 6.42 Å². The first kappa shape index (κ1) is 16.2. The molecule has 0 saturated carbocycles. The molecular formula is C17H22N2O3. The lowest BCUT2D eigenvalue weighted by Crippen LogP contribution is -2.44. The SMILES string of the molecule is C#CCNC(=O)CC1CCN(C(=O)c2ccco2)CC1CC. The summed E-state index contributed by atoms with van der Waals surface area (Å²) in [6.07, 6.45) is 8.89. The van der Waals surface area contributed by atoms with Crippen LogP contribution in [0.3, 0.4) is 0 Å². The zero-order chi connectivity index (χ0) is 15.9. The Morgan fingerprint density at radius 3 is 2.95 bits per heavy atom. The molecule has 1 aromatic heterocycles. The van der Waals surface area contributed by atoms with Gasteiger partial charge >= 0.3 is 0 Å². The van der Waals surface area contributed by atoms with Crippen LogP contribution in [0.15, 0.2) is 22.8 Å². The molecule has 2 rings (SSSR count). The number of likely N-dealkylation sites (tertiary alicyclic amines) is 1. The summed E-state index contributed by atoms with van der Waals surface area (Å²) in [5.74, 6) is 3.32. The van der Waals surface area contributed by atoms with Crippen molar-refractivity contribution in [3.05, 3.63) is 24.2 Å². The number of rotatable bonds is 5. The maximum Gasteiger partial charge on any atom is 0.289 e. The van der Waals surface area contributed by atoms with Crippen molar-refractivity contribution >= 4 is 11.8 Å². The van der Waals surface area contributed by atoms with Gasteiger partial charge in [0.1, 0.15) is 0 Å². The van der Waals surface area contributed by atoms with Crippen molar-refractivity contribution in [1.29, 1.82) is 0 Å². The number of amides is 2. The molecule has 1 saturated heterocycles. The Morgan fingerprint density at radius 1 is 1.50 bits per heavy atom. The molecule has 2 atom stereocenters. The van der Waals surface area contributed by atoms with E-state index in [1.165, 1.54) is 6.26 Å². The summed E-state index contributed by atoms with van der Waals surface area (Å²) in [5, 5.41) is 2.71. The van der Waals surface area contributed by atoms with Gasteiger partial charge in [-0.1, -0.05) is 19.3 Å². The molecule has 0 radical (unpaired) electrons. The van der Waals surface area contributed by atoms with Crippen LogP contribution in [0, 0.1) is 24.2 Å². The van der Waals surface area contributed by atoms with E-state index in [-0.39, 0.29) is 18.4 Å². The van der Waals surface area contributed by atoms with Crippen LogP contribution in [0.5, 0.6) is 0 Å². The summed E-state index contributed by atoms with van der Waals surface area (Å²) in [7, 11) is 0. The molecule has 0 spiro atoms. The van der Waals surface area contributed by atoms with Crippen LogP contribution >= 0.6 is 0 Å². The van der Waals surface area contributed by atoms with E-state index in [0.717, 1.165) is 12.8 Å². The van der Waals surface area contributed by atoms with E-state index in [1.54, 1.807) is 12.1 Å². The smallest absolute Gasteiger partial charge is 0.289 e. The summed E-state index contributed by atoms with van der Waals surface area (Å²) in [4.78, 5) is 26.0. The van der Waals surface area contributed by atoms with Crippen molar-refractivity contribution in [3.8, 4) is 12.3 Å². The van der Waals surface area contributed by atoms with Gasteiger partial charge < -0.3 is 14.6 Å². The highest BCUT2D eigenvalue weighted by atomic mass is 16.3. The molecule has 1 fully saturated rings. The predicted octanol–water partition coefficient (Wildman–Crippen LogP) is 1.91. The fourth-order valence-electron chi connectivity index (χ4n) is 3.01. The highest BCUT2D eigenvalue weighted by Crippen LogP contribution is 2.29. The molecular weight excluding hydrogens is 280 g/mol. The van der Waals surface area contributed by atoms with Crippen LogP contribution in [-0.2, 0) is 4.79 Å². The number of hydrogen-bond donors (Lipinski definition) is 1. The largest absolute Gasteiger partial charge is 0.459 e. The van der Waals surface area contributed by atoms with Crippen molar-refractivity contribution in [2.45, 2.75) is 26.2 Å². The Bertz CT molecular complexity index is 545. The van der Waals surface area contributed by atoms with Crippen LogP contribution in [0.2, 0.25) is 0 Å². The van der Waals surface area contributed by atoms with Gasteiger partial charge in [-0.3, -0.25) is 9.59 Å². The molecule has 1 N–H and O–H groups in total. The minimum atomic E-state index is -0.0707. The fraction of sp³-hybridized carbons (Fsp3) is 0.529. The van der Waals surface area contributed by atoms with Gasteiger partial charge in [0.25, 0.3) is 5.91 Å². The summed E-state index contributed by atoms with van der Waals surface area (Å²) < 4.78 is 5.18. The zero-order valence-corrected chi connectivity index (χ0v) is 12.9. The topological polar surface area (TPSA) is 62.6 Å². The number of terminal acetylenes is 1. The third kappa shape index (κ3) is 3.91. The third-order valence-corrected chi connectivity index (χ3v) is 4.27. The Morgan fingerprint density at radius 2 is 2.32 bits per heavy atom. The highest BCUT2D eigenvalue weighted by Gasteiger charge is 2.32. The quantitative estimate of drug-likeness (QED) is 0.845. The number of nitrogens with one attached hydrogen (secondary N) is 1. The molecule has 5 heteroatoms. The minimum Gasteiger partial charge on any atom is -0.459 e. The van der Waals surface area contributed by atoms with Crippen LogP contribution in [0.25, 0.3) is 0 Å². The summed E-state index contributed by atoms with van der Waals surface area (Å²) >= 11 is 0. The van der Waals surface area contributed by atoms with Crippen LogP contribution in [0.1, 0.15) is 36.7 Å². The summed E-state index contributed by atoms with van der Waals surface area (Å²) in [6, 6.07) is 3.40. The second-order valence-corrected chi connectivity index (χ2v) is 5.63. The zero-order valence-electron chi connectivity index (χ0n) is 12.9. The molecule has 1 aliphatic heterocycles. The molecule has 2 amide bonds. The lowest BCUT2D eigenvalue weighted by Gasteiger charge is -2.37. The summed E-state index contributed by atoms with van der Waals surface area (Å²) in [5.41, 5.74) is 0. The van der Waals surface area contributed by atoms with Crippen LogP contribution < -0.4 is 5.32 Å². The van der Waals surface area contributed by atoms with E-state index >= 15 is 0 Å². The van der Waals surface area contributed by atoms with Gasteiger partial charge in [-0.05, 0) is 30.4 Å². The van der Waals surface area contributed by atoms with E-state index in [2.05, 4.69) is 18.2 Å². The number of carbonyl (C=O) groups is 2. The maximum atomic E-state index is 12.3. The number of piperidine rings is 1. The predicted molar refractivity (Wildman–Crippen MR) is 83.0 cm³/mol. The highest BCUT2D eigenvalue weighted by molar-refractivity contribution is 5.91. The summed E-state index contributed by atoms with van der Waals surface area (Å²) in [6.45, 7) is 3.69. The average Bonchev–Trinajstić information content (AvgIpc) is 3.07. The first-order valence-corrected chi connectivity index (χ1v) is 7.68. The molecule has 0 bridgehead atoms. The Kier molecular flexibility index (Phi) is 5.65. The standard InChI is InChI=1S/C17H22N2O3/c1-3-8-18-16(20)11-14-7-9-19(12-13(14)4-2)17(21)15-6-5-10-22-15/h1,5-6,10,13-14H,4,7-9,11-12H2,2H3,(H,18,20). The van der Waals surface area contributed by atoms with Crippen molar-refractivity contribution in [2.75, 3.05) is 19.6 Å². The van der Waals surface area contributed by atoms with E-state index in [0.29, 0.717) is 37.1 Å². The Balaban J connectivity index is 1.92. The molecule has 22 heavy (non-hydrogen) atoms. The van der Waals surface area contributed by atoms with Gasteiger partial charge in [0.2, 0.25) is 5.91 Å². The lowest BCUT2D eigenvalue weighted by atomic mass is 9.81. The molecule has 0 aliphatic carbocycles. The number of nitrogens with zero attached hydrogens (tertiary/aromatic N) is 1. The van der Waals surface area contributed by atoms with Gasteiger partial charge in [-0.2, -0.15) is 0 Å². The van der Waals surface area contributed by atoms with Crippen molar-refractivity contribution in [1.82, 2.24) is 10.2 Å². The second kappa shape index (κ2) is 7.69. The molecule has 1 aromatic rings. The van der Waals surface area contributed by atoms with E-state index < -0.39 is 0 Å². The van der Waals surface area contributed by atoms with Crippen molar-refractivity contribution in [2.24, 2.45) is 11.8 Å². The Labute approximate surface area is 131 Å². The maximum absolute atomic E-state index is 12.3. The molecule has 0 aromatic carbocycles. The number of carbonyl (C=O) groups excluding carboxylic acids is 2. The molecule has 2 unspecified atom stereocenters. The number of hydrogen-bond acceptors (Lipinski definition) is 3. The van der Waals surface area contributed by atoms with Crippen molar-refractivity contribution in [3.63, 3.8) is 0 Å². The van der Waals surface area contributed by atoms with Crippen LogP contribution in [-0.4, -0.2) is 36.3 Å². The van der Waals surface area contributed by atoms with E-state index in [1.807, 2.05) is 4.90 Å². The van der Waals surface area contributed by atoms with E-state index in [9.17, 15) is 9.59 Å². The molecule has 118 valence electrons. The third-order valence-electron chi connectivity index (χ3n) is 4.27. The van der Waals surface area contributed by atoms with Gasteiger partial charge in [-0.25, -0.2) is 0 Å². The van der Waals surface area contributed by atoms with Gasteiger partial charge in [0, 0.05) is 19.5 Å². The number of furan rings is 1. The second-order valence-electron chi connectivity index (χ2n) is 5.63. The molecule has 5 nitrogen and oxygen atoms in total. The normalized spacial score (nSPS) is 21.2. The first-order chi connectivity index (χ1) is 10.7. The minimum absolute atomic E-state index is 0.00721. The monoisotopic (exact) mass is 302 g/mol. The molecule has 2 heterocycles. The van der Waals surface area contributed by atoms with Gasteiger partial charge in [0.05, 0.1) is 12.8 Å². The van der Waals surface area contributed by atoms with Gasteiger partial charge in [0.15, 0.2) is 5.76 Å². The Hall–Kier alpha value is -2.22. The first-order valence-electron chi connectivity index (χ1n) is 7.68. The lowest BCUT2D eigenvalue weighted by molar-refractivity contribution is -0.122. The average molecular weight is 302 g/mol. The van der Waals surface area contributed by atoms with E-state index in [4.69, 9.17) is 10.8 Å². The van der Waals surface area contributed by atoms with Crippen molar-refractivity contribution < 1.29 is 14.0 Å².